The van der Waals surface area contributed by atoms with Crippen LogP contribution in [-0.2, 0) is 13.1 Å². The van der Waals surface area contributed by atoms with Crippen LogP contribution in [0.15, 0.2) is 48.0 Å². The third-order valence-corrected chi connectivity index (χ3v) is 10.3. The van der Waals surface area contributed by atoms with Crippen molar-refractivity contribution in [3.05, 3.63) is 81.9 Å². The highest BCUT2D eigenvalue weighted by Gasteiger charge is 2.32. The van der Waals surface area contributed by atoms with Gasteiger partial charge in [0, 0.05) is 24.2 Å². The van der Waals surface area contributed by atoms with E-state index in [9.17, 15) is 19.2 Å². The van der Waals surface area contributed by atoms with E-state index in [1.807, 2.05) is 43.8 Å². The van der Waals surface area contributed by atoms with Crippen molar-refractivity contribution < 1.29 is 28.7 Å². The van der Waals surface area contributed by atoms with E-state index in [1.165, 1.54) is 0 Å². The maximum absolute atomic E-state index is 13.6. The zero-order valence-corrected chi connectivity index (χ0v) is 32.1. The second-order valence-corrected chi connectivity index (χ2v) is 14.3. The molecule has 57 heavy (non-hydrogen) atoms. The zero-order valence-electron chi connectivity index (χ0n) is 32.1. The summed E-state index contributed by atoms with van der Waals surface area (Å²) in [6.45, 7) is 11.0. The minimum Gasteiger partial charge on any atom is -0.489 e. The van der Waals surface area contributed by atoms with Gasteiger partial charge in [-0.3, -0.25) is 48.3 Å². The van der Waals surface area contributed by atoms with Crippen LogP contribution in [-0.4, -0.2) is 75.5 Å². The lowest BCUT2D eigenvalue weighted by molar-refractivity contribution is 0.0991. The Morgan fingerprint density at radius 2 is 1.19 bits per heavy atom. The quantitative estimate of drug-likeness (QED) is 0.128. The third-order valence-electron chi connectivity index (χ3n) is 10.3. The maximum Gasteiger partial charge on any atom is 0.276 e. The third kappa shape index (κ3) is 6.61. The molecule has 18 nitrogen and oxygen atoms in total. The minimum atomic E-state index is -0.622. The number of anilines is 2. The van der Waals surface area contributed by atoms with Gasteiger partial charge < -0.3 is 20.9 Å². The van der Waals surface area contributed by atoms with Crippen molar-refractivity contribution in [1.29, 1.82) is 0 Å². The van der Waals surface area contributed by atoms with Crippen LogP contribution >= 0.6 is 0 Å². The van der Waals surface area contributed by atoms with Crippen LogP contribution in [0.5, 0.6) is 11.5 Å². The van der Waals surface area contributed by atoms with Crippen LogP contribution in [0.2, 0.25) is 0 Å². The van der Waals surface area contributed by atoms with Crippen LogP contribution in [0.4, 0.5) is 11.9 Å². The van der Waals surface area contributed by atoms with E-state index in [1.54, 1.807) is 45.8 Å². The largest absolute Gasteiger partial charge is 0.489 e. The number of aryl methyl sites for hydroxylation is 4. The molecule has 0 saturated heterocycles. The Balaban J connectivity index is 1.11. The van der Waals surface area contributed by atoms with Crippen LogP contribution in [0.3, 0.4) is 0 Å². The van der Waals surface area contributed by atoms with E-state index in [-0.39, 0.29) is 48.2 Å². The molecule has 294 valence electrons. The zero-order chi connectivity index (χ0) is 40.3. The van der Waals surface area contributed by atoms with Gasteiger partial charge in [-0.25, -0.2) is 9.97 Å². The molecule has 4 amide bonds. The molecule has 4 aromatic heterocycles. The Hall–Kier alpha value is -6.98. The summed E-state index contributed by atoms with van der Waals surface area (Å²) in [5.41, 5.74) is 17.1. The highest BCUT2D eigenvalue weighted by Crippen LogP contribution is 2.41. The fourth-order valence-corrected chi connectivity index (χ4v) is 7.69. The van der Waals surface area contributed by atoms with Crippen molar-refractivity contribution in [2.75, 3.05) is 23.8 Å². The normalized spacial score (nSPS) is 16.1. The molecular formula is C39H42N12O6. The standard InChI is InChI=1S/C39H42N12O6/c1-6-48-28(11-20(4)46-48)36(54)44-38-42-26-13-22(34(40)52)15-30-32(26)50(38)24(17-56-30)9-8-19(3)10-25-18-57-31-16-23(35(41)53)14-27-33(31)51(25)39(43-27)45-37(55)29-12-21(5)47-49(29)7-2/h8,11-16,24-25H,6-7,9-10,17-18H2,1-5H3,(H2,40,52)(H2,41,53)(H,42,44,54)(H,43,45,55)/b19-8-/t24-,25-/m0/s1. The Labute approximate surface area is 325 Å². The first-order valence-corrected chi connectivity index (χ1v) is 18.7. The number of rotatable bonds is 12. The predicted octanol–water partition coefficient (Wildman–Crippen LogP) is 4.43. The van der Waals surface area contributed by atoms with Crippen LogP contribution < -0.4 is 31.6 Å². The molecule has 0 spiro atoms. The van der Waals surface area contributed by atoms with Crippen LogP contribution in [0, 0.1) is 13.8 Å². The molecule has 18 heteroatoms. The van der Waals surface area contributed by atoms with Gasteiger partial charge in [-0.05, 0) is 83.9 Å². The van der Waals surface area contributed by atoms with E-state index in [0.29, 0.717) is 94.2 Å². The number of carbonyl (C=O) groups is 4. The lowest BCUT2D eigenvalue weighted by atomic mass is 10.0. The molecule has 0 fully saturated rings. The molecule has 2 atom stereocenters. The van der Waals surface area contributed by atoms with Gasteiger partial charge >= 0.3 is 0 Å². The fraction of sp³-hybridized carbons (Fsp3) is 0.333. The topological polar surface area (TPSA) is 234 Å². The van der Waals surface area contributed by atoms with Gasteiger partial charge in [0.05, 0.1) is 34.5 Å². The second-order valence-electron chi connectivity index (χ2n) is 14.3. The van der Waals surface area contributed by atoms with Crippen molar-refractivity contribution in [2.45, 2.75) is 72.6 Å². The minimum absolute atomic E-state index is 0.230. The van der Waals surface area contributed by atoms with Crippen molar-refractivity contribution in [1.82, 2.24) is 38.7 Å². The van der Waals surface area contributed by atoms with E-state index in [0.717, 1.165) is 5.57 Å². The molecule has 0 aliphatic carbocycles. The fourth-order valence-electron chi connectivity index (χ4n) is 7.69. The van der Waals surface area contributed by atoms with Gasteiger partial charge in [0.2, 0.25) is 23.7 Å². The summed E-state index contributed by atoms with van der Waals surface area (Å²) in [5.74, 6) is -0.513. The van der Waals surface area contributed by atoms with Crippen molar-refractivity contribution >= 4 is 57.6 Å². The summed E-state index contributed by atoms with van der Waals surface area (Å²) in [5, 5.41) is 14.8. The highest BCUT2D eigenvalue weighted by molar-refractivity contribution is 6.05. The van der Waals surface area contributed by atoms with Gasteiger partial charge in [-0.2, -0.15) is 10.2 Å². The number of carbonyl (C=O) groups excluding carboxylic acids is 4. The number of primary amides is 2. The summed E-state index contributed by atoms with van der Waals surface area (Å²) in [6, 6.07) is 9.23. The van der Waals surface area contributed by atoms with Crippen molar-refractivity contribution in [3.8, 4) is 11.5 Å². The number of imidazole rings is 2. The Bertz CT molecular complexity index is 2680. The maximum atomic E-state index is 13.6. The predicted molar refractivity (Wildman–Crippen MR) is 210 cm³/mol. The highest BCUT2D eigenvalue weighted by atomic mass is 16.5. The Morgan fingerprint density at radius 1 is 0.737 bits per heavy atom. The molecule has 6 aromatic rings. The summed E-state index contributed by atoms with van der Waals surface area (Å²) in [7, 11) is 0. The molecule has 6 N–H and O–H groups in total. The molecule has 0 radical (unpaired) electrons. The lowest BCUT2D eigenvalue weighted by Gasteiger charge is -2.28. The monoisotopic (exact) mass is 774 g/mol. The van der Waals surface area contributed by atoms with Gasteiger partial charge in [0.25, 0.3) is 11.8 Å². The van der Waals surface area contributed by atoms with E-state index in [2.05, 4.69) is 26.9 Å². The van der Waals surface area contributed by atoms with Gasteiger partial charge in [-0.15, -0.1) is 0 Å². The number of allylic oxidation sites excluding steroid dienone is 2. The number of amides is 4. The SMILES string of the molecule is CCn1nc(C)cc1C(=O)Nc1nc2cc(C(N)=O)cc3c2n1[C@@H](C/C(C)=C\C[C@H]1COc2cc(C(N)=O)cc4nc(NC(=O)c5cc(C)nn5CC)n1c24)CO3. The smallest absolute Gasteiger partial charge is 0.276 e. The first-order valence-electron chi connectivity index (χ1n) is 18.7. The average Bonchev–Trinajstić information content (AvgIpc) is 3.95. The number of ether oxygens (including phenoxy) is 2. The molecule has 8 rings (SSSR count). The molecule has 0 saturated carbocycles. The molecular weight excluding hydrogens is 733 g/mol. The van der Waals surface area contributed by atoms with Crippen molar-refractivity contribution in [2.24, 2.45) is 11.5 Å². The van der Waals surface area contributed by atoms with E-state index < -0.39 is 11.8 Å². The van der Waals surface area contributed by atoms with Gasteiger partial charge in [0.1, 0.15) is 47.1 Å². The molecule has 2 aromatic carbocycles. The summed E-state index contributed by atoms with van der Waals surface area (Å²) in [4.78, 5) is 61.1. The van der Waals surface area contributed by atoms with Gasteiger partial charge in [0.15, 0.2) is 0 Å². The number of hydrogen-bond donors (Lipinski definition) is 4. The second kappa shape index (κ2) is 14.3. The number of hydrogen-bond acceptors (Lipinski definition) is 10. The number of nitrogens with two attached hydrogens (primary N) is 2. The first-order chi connectivity index (χ1) is 27.3. The Kier molecular flexibility index (Phi) is 9.25. The lowest BCUT2D eigenvalue weighted by Crippen LogP contribution is -2.27. The molecule has 2 aliphatic rings. The molecule has 0 unspecified atom stereocenters. The van der Waals surface area contributed by atoms with Crippen LogP contribution in [0.1, 0.15) is 98.8 Å². The van der Waals surface area contributed by atoms with Gasteiger partial charge in [-0.1, -0.05) is 11.6 Å². The van der Waals surface area contributed by atoms with Crippen LogP contribution in [0.25, 0.3) is 22.1 Å². The molecule has 2 aliphatic heterocycles. The van der Waals surface area contributed by atoms with E-state index >= 15 is 0 Å². The van der Waals surface area contributed by atoms with E-state index in [4.69, 9.17) is 30.9 Å². The summed E-state index contributed by atoms with van der Waals surface area (Å²) < 4.78 is 19.5. The number of nitrogens with one attached hydrogen (secondary N) is 2. The number of benzene rings is 2. The molecule has 6 heterocycles. The number of nitrogens with zero attached hydrogens (tertiary/aromatic N) is 8. The summed E-state index contributed by atoms with van der Waals surface area (Å²) in [6.07, 6.45) is 3.12. The molecule has 0 bridgehead atoms. The van der Waals surface area contributed by atoms with Crippen molar-refractivity contribution in [3.63, 3.8) is 0 Å². The Morgan fingerprint density at radius 3 is 1.65 bits per heavy atom. The first kappa shape index (κ1) is 37.0. The number of aromatic nitrogens is 8. The summed E-state index contributed by atoms with van der Waals surface area (Å²) >= 11 is 0. The average molecular weight is 775 g/mol.